The Labute approximate surface area is 241 Å². The van der Waals surface area contributed by atoms with Crippen LogP contribution in [-0.2, 0) is 17.1 Å². The Hall–Kier alpha value is 0.279. The number of fused-ring (bicyclic) bond motifs is 2. The number of hydrogen-bond acceptors (Lipinski definition) is 4. The molecule has 223 valence electrons. The summed E-state index contributed by atoms with van der Waals surface area (Å²) >= 11 is 0. The van der Waals surface area contributed by atoms with Gasteiger partial charge in [-0.3, -0.25) is 25.2 Å². The first kappa shape index (κ1) is 33.5. The smallest absolute Gasteiger partial charge is 0.00574 e. The quantitative estimate of drug-likeness (QED) is 0.152. The van der Waals surface area contributed by atoms with Gasteiger partial charge in [0.1, 0.15) is 0 Å². The zero-order valence-electron chi connectivity index (χ0n) is 24.4. The van der Waals surface area contributed by atoms with Crippen molar-refractivity contribution in [2.45, 2.75) is 90.9 Å². The van der Waals surface area contributed by atoms with Crippen molar-refractivity contribution in [1.82, 2.24) is 19.6 Å². The van der Waals surface area contributed by atoms with Crippen molar-refractivity contribution in [3.63, 3.8) is 0 Å². The molecule has 4 heterocycles. The third-order valence-electron chi connectivity index (χ3n) is 8.38. The number of nitrogens with zero attached hydrogens (tertiary/aromatic N) is 6. The van der Waals surface area contributed by atoms with Crippen LogP contribution in [0.1, 0.15) is 90.9 Å². The van der Waals surface area contributed by atoms with E-state index in [0.717, 1.165) is 26.2 Å². The van der Waals surface area contributed by atoms with E-state index in [2.05, 4.69) is 44.1 Å². The van der Waals surface area contributed by atoms with E-state index in [-0.39, 0.29) is 17.1 Å². The Morgan fingerprint density at radius 2 is 0.919 bits per heavy atom. The Bertz CT molecular complexity index is 492. The van der Waals surface area contributed by atoms with Crippen molar-refractivity contribution < 1.29 is 17.1 Å². The van der Waals surface area contributed by atoms with Crippen LogP contribution in [0.5, 0.6) is 0 Å². The molecule has 1 radical (unpaired) electrons. The van der Waals surface area contributed by atoms with E-state index < -0.39 is 0 Å². The predicted octanol–water partition coefficient (Wildman–Crippen LogP) is 5.77. The van der Waals surface area contributed by atoms with Gasteiger partial charge in [-0.1, -0.05) is 78.1 Å². The molecule has 0 saturated carbocycles. The molecule has 0 aromatic carbocycles. The Morgan fingerprint density at radius 3 is 1.35 bits per heavy atom. The minimum Gasteiger partial charge on any atom is -0.686 e. The van der Waals surface area contributed by atoms with E-state index in [1.807, 2.05) is 0 Å². The van der Waals surface area contributed by atoms with Gasteiger partial charge < -0.3 is 30.2 Å². The number of rotatable bonds is 14. The maximum absolute atomic E-state index is 4.52. The molecule has 6 nitrogen and oxygen atoms in total. The number of piperazine rings is 4. The van der Waals surface area contributed by atoms with Crippen LogP contribution in [0, 0.1) is 12.1 Å². The molecular weight excluding hydrogens is 508 g/mol. The molecule has 4 rings (SSSR count). The van der Waals surface area contributed by atoms with Crippen LogP contribution < -0.4 is 0 Å². The summed E-state index contributed by atoms with van der Waals surface area (Å²) in [4.78, 5) is 10.4. The summed E-state index contributed by atoms with van der Waals surface area (Å²) in [5.74, 6) is 0. The zero-order valence-corrected chi connectivity index (χ0v) is 25.3. The summed E-state index contributed by atoms with van der Waals surface area (Å²) in [5, 5.41) is 9.04. The molecule has 4 aliphatic heterocycles. The second-order valence-corrected chi connectivity index (χ2v) is 11.4. The third-order valence-corrected chi connectivity index (χ3v) is 8.38. The zero-order chi connectivity index (χ0) is 25.3. The molecule has 0 bridgehead atoms. The molecule has 0 N–H and O–H groups in total. The minimum atomic E-state index is 0. The predicted molar refractivity (Wildman–Crippen MR) is 155 cm³/mol. The van der Waals surface area contributed by atoms with Gasteiger partial charge in [0.2, 0.25) is 0 Å². The fourth-order valence-electron chi connectivity index (χ4n) is 5.97. The number of hydrogen-bond donors (Lipinski definition) is 0. The fraction of sp³-hybridized carbons (Fsp3) is 0.933. The van der Waals surface area contributed by atoms with Gasteiger partial charge >= 0.3 is 0 Å². The molecule has 4 saturated heterocycles. The van der Waals surface area contributed by atoms with Crippen LogP contribution in [0.2, 0.25) is 0 Å². The average Bonchev–Trinajstić information content (AvgIpc) is 2.93. The average molecular weight is 566 g/mol. The summed E-state index contributed by atoms with van der Waals surface area (Å²) in [7, 11) is 0. The summed E-state index contributed by atoms with van der Waals surface area (Å²) in [6.07, 6.45) is 16.9. The van der Waals surface area contributed by atoms with E-state index in [1.54, 1.807) is 12.1 Å². The van der Waals surface area contributed by atoms with Gasteiger partial charge in [-0.05, 0) is 52.1 Å². The first-order chi connectivity index (χ1) is 17.8. The van der Waals surface area contributed by atoms with Gasteiger partial charge in [0.25, 0.3) is 0 Å². The molecule has 0 amide bonds. The third kappa shape index (κ3) is 13.5. The van der Waals surface area contributed by atoms with Crippen LogP contribution in [0.4, 0.5) is 0 Å². The van der Waals surface area contributed by atoms with Gasteiger partial charge in [-0.15, -0.1) is 26.2 Å². The van der Waals surface area contributed by atoms with Crippen molar-refractivity contribution in [1.29, 1.82) is 0 Å². The first-order valence-electron chi connectivity index (χ1n) is 15.7. The van der Waals surface area contributed by atoms with E-state index in [1.165, 1.54) is 142 Å². The minimum absolute atomic E-state index is 0. The van der Waals surface area contributed by atoms with Crippen molar-refractivity contribution in [3.05, 3.63) is 22.7 Å². The van der Waals surface area contributed by atoms with E-state index >= 15 is 0 Å². The molecule has 0 unspecified atom stereocenters. The molecule has 0 atom stereocenters. The van der Waals surface area contributed by atoms with Crippen LogP contribution in [0.15, 0.2) is 0 Å². The molecule has 0 aromatic rings. The molecule has 0 aliphatic carbocycles. The van der Waals surface area contributed by atoms with Crippen LogP contribution in [0.25, 0.3) is 10.6 Å². The van der Waals surface area contributed by atoms with E-state index in [0.29, 0.717) is 0 Å². The second kappa shape index (κ2) is 21.1. The van der Waals surface area contributed by atoms with Gasteiger partial charge in [0.15, 0.2) is 0 Å². The molecular formula is C30H58CuN6-4. The standard InChI is InChI=1S/2C15H29N3.Cu/c2*1-2-3-4-5-6-7-9-17-11-12-18-10-8-16-13-15(18)14-17;/h2*2-14H2,1H3;/q2*-2;. The Morgan fingerprint density at radius 1 is 0.514 bits per heavy atom. The van der Waals surface area contributed by atoms with Gasteiger partial charge in [-0.2, -0.15) is 0 Å². The van der Waals surface area contributed by atoms with Crippen LogP contribution in [0.3, 0.4) is 0 Å². The van der Waals surface area contributed by atoms with E-state index in [4.69, 9.17) is 0 Å². The molecule has 37 heavy (non-hydrogen) atoms. The number of unbranched alkanes of at least 4 members (excludes halogenated alkanes) is 10. The molecule has 4 fully saturated rings. The Kier molecular flexibility index (Phi) is 19.1. The summed E-state index contributed by atoms with van der Waals surface area (Å²) in [5.41, 5.74) is 0. The second-order valence-electron chi connectivity index (χ2n) is 11.4. The summed E-state index contributed by atoms with van der Waals surface area (Å²) in [6.45, 7) is 20.9. The Balaban J connectivity index is 0.000000253. The SMILES string of the molecule is CCCCCCCCN1CCN2CC[N-]C[C-]2C1.CCCCCCCCN1CCN2CC[N-]C[C-]2C1.[Cu]. The normalized spacial score (nSPS) is 22.5. The van der Waals surface area contributed by atoms with Crippen molar-refractivity contribution in [2.24, 2.45) is 0 Å². The van der Waals surface area contributed by atoms with Crippen molar-refractivity contribution in [3.8, 4) is 0 Å². The van der Waals surface area contributed by atoms with Crippen molar-refractivity contribution in [2.75, 3.05) is 91.6 Å². The maximum Gasteiger partial charge on any atom is 0.00574 e. The molecule has 7 heteroatoms. The summed E-state index contributed by atoms with van der Waals surface area (Å²) < 4.78 is 0. The van der Waals surface area contributed by atoms with Gasteiger partial charge in [0.05, 0.1) is 0 Å². The monoisotopic (exact) mass is 565 g/mol. The van der Waals surface area contributed by atoms with Crippen LogP contribution in [-0.4, -0.2) is 111 Å². The molecule has 0 spiro atoms. The molecule has 0 aromatic heterocycles. The molecule has 4 aliphatic rings. The fourth-order valence-corrected chi connectivity index (χ4v) is 5.97. The topological polar surface area (TPSA) is 41.2 Å². The van der Waals surface area contributed by atoms with Gasteiger partial charge in [0, 0.05) is 30.2 Å². The van der Waals surface area contributed by atoms with E-state index in [9.17, 15) is 0 Å². The largest absolute Gasteiger partial charge is 0.686 e. The maximum atomic E-state index is 4.52. The first-order valence-corrected chi connectivity index (χ1v) is 15.7. The summed E-state index contributed by atoms with van der Waals surface area (Å²) in [6, 6.07) is 3.14. The van der Waals surface area contributed by atoms with Gasteiger partial charge in [-0.25, -0.2) is 0 Å². The van der Waals surface area contributed by atoms with Crippen LogP contribution >= 0.6 is 0 Å². The van der Waals surface area contributed by atoms with Crippen molar-refractivity contribution >= 4 is 0 Å².